The normalized spacial score (nSPS) is 16.3. The van der Waals surface area contributed by atoms with E-state index in [1.807, 2.05) is 6.26 Å². The van der Waals surface area contributed by atoms with Crippen LogP contribution >= 0.6 is 11.8 Å². The van der Waals surface area contributed by atoms with Gasteiger partial charge >= 0.3 is 0 Å². The van der Waals surface area contributed by atoms with E-state index in [1.54, 1.807) is 32.0 Å². The second-order valence-electron chi connectivity index (χ2n) is 6.46. The van der Waals surface area contributed by atoms with Crippen molar-refractivity contribution in [2.24, 2.45) is 5.92 Å². The summed E-state index contributed by atoms with van der Waals surface area (Å²) in [5.41, 5.74) is 0.549. The van der Waals surface area contributed by atoms with E-state index in [-0.39, 0.29) is 22.8 Å². The highest BCUT2D eigenvalue weighted by molar-refractivity contribution is 7.98. The fourth-order valence-corrected chi connectivity index (χ4v) is 4.60. The lowest BCUT2D eigenvalue weighted by Gasteiger charge is -2.23. The quantitative estimate of drug-likeness (QED) is 0.750. The minimum atomic E-state index is -3.57. The minimum absolute atomic E-state index is 0.0117. The van der Waals surface area contributed by atoms with Gasteiger partial charge in [-0.15, -0.1) is 11.8 Å². The van der Waals surface area contributed by atoms with Gasteiger partial charge in [0.25, 0.3) is 0 Å². The van der Waals surface area contributed by atoms with Gasteiger partial charge in [-0.3, -0.25) is 4.79 Å². The first kappa shape index (κ1) is 19.3. The van der Waals surface area contributed by atoms with Gasteiger partial charge in [0.05, 0.1) is 10.6 Å². The van der Waals surface area contributed by atoms with E-state index < -0.39 is 10.0 Å². The number of rotatable bonds is 6. The number of sulfonamides is 1. The zero-order valence-corrected chi connectivity index (χ0v) is 16.1. The van der Waals surface area contributed by atoms with Gasteiger partial charge < -0.3 is 5.32 Å². The van der Waals surface area contributed by atoms with Crippen molar-refractivity contribution in [2.75, 3.05) is 11.6 Å². The summed E-state index contributed by atoms with van der Waals surface area (Å²) in [5, 5.41) is 2.83. The predicted octanol–water partition coefficient (Wildman–Crippen LogP) is 3.61. The molecule has 1 aliphatic rings. The van der Waals surface area contributed by atoms with Crippen molar-refractivity contribution in [1.29, 1.82) is 0 Å². The maximum absolute atomic E-state index is 12.6. The van der Waals surface area contributed by atoms with E-state index in [0.717, 1.165) is 30.6 Å². The fourth-order valence-electron chi connectivity index (χ4n) is 2.74. The van der Waals surface area contributed by atoms with Crippen LogP contribution in [0.1, 0.15) is 46.0 Å². The minimum Gasteiger partial charge on any atom is -0.325 e. The average Bonchev–Trinajstić information content (AvgIpc) is 2.55. The first-order valence-electron chi connectivity index (χ1n) is 8.34. The third kappa shape index (κ3) is 4.97. The van der Waals surface area contributed by atoms with Gasteiger partial charge in [0.1, 0.15) is 0 Å². The van der Waals surface area contributed by atoms with Gasteiger partial charge in [-0.05, 0) is 37.3 Å². The topological polar surface area (TPSA) is 75.3 Å². The molecule has 1 fully saturated rings. The van der Waals surface area contributed by atoms with E-state index in [0.29, 0.717) is 5.69 Å². The second kappa shape index (κ2) is 8.36. The van der Waals surface area contributed by atoms with Crippen LogP contribution in [0.15, 0.2) is 28.0 Å². The molecule has 0 atom stereocenters. The molecule has 0 aliphatic heterocycles. The molecule has 0 heterocycles. The van der Waals surface area contributed by atoms with Gasteiger partial charge in [-0.2, -0.15) is 0 Å². The van der Waals surface area contributed by atoms with Gasteiger partial charge in [0.15, 0.2) is 0 Å². The highest BCUT2D eigenvalue weighted by Crippen LogP contribution is 2.29. The molecule has 1 amide bonds. The van der Waals surface area contributed by atoms with Crippen LogP contribution in [-0.4, -0.2) is 26.6 Å². The van der Waals surface area contributed by atoms with Gasteiger partial charge in [0.2, 0.25) is 15.9 Å². The van der Waals surface area contributed by atoms with E-state index in [4.69, 9.17) is 0 Å². The summed E-state index contributed by atoms with van der Waals surface area (Å²) in [6.45, 7) is 3.61. The van der Waals surface area contributed by atoms with E-state index in [1.165, 1.54) is 18.2 Å². The maximum atomic E-state index is 12.6. The molecule has 134 valence electrons. The Morgan fingerprint density at radius 3 is 2.46 bits per heavy atom. The molecule has 0 spiro atoms. The lowest BCUT2D eigenvalue weighted by Crippen LogP contribution is -2.36. The molecular formula is C17H26N2O3S2. The Kier molecular flexibility index (Phi) is 6.71. The molecule has 1 aromatic rings. The van der Waals surface area contributed by atoms with E-state index in [2.05, 4.69) is 10.0 Å². The predicted molar refractivity (Wildman–Crippen MR) is 98.9 cm³/mol. The molecular weight excluding hydrogens is 344 g/mol. The molecule has 1 saturated carbocycles. The summed E-state index contributed by atoms with van der Waals surface area (Å²) >= 11 is 1.47. The molecule has 7 heteroatoms. The molecule has 0 radical (unpaired) electrons. The number of nitrogens with one attached hydrogen (secondary N) is 2. The van der Waals surface area contributed by atoms with E-state index >= 15 is 0 Å². The molecule has 0 unspecified atom stereocenters. The molecule has 24 heavy (non-hydrogen) atoms. The summed E-state index contributed by atoms with van der Waals surface area (Å²) in [6, 6.07) is 4.91. The average molecular weight is 371 g/mol. The second-order valence-corrected chi connectivity index (χ2v) is 9.02. The molecule has 0 saturated heterocycles. The molecule has 2 rings (SSSR count). The summed E-state index contributed by atoms with van der Waals surface area (Å²) in [5.74, 6) is -0.291. The molecule has 0 bridgehead atoms. The van der Waals surface area contributed by atoms with Crippen LogP contribution in [-0.2, 0) is 14.8 Å². The third-order valence-electron chi connectivity index (χ3n) is 4.19. The van der Waals surface area contributed by atoms with Gasteiger partial charge in [-0.25, -0.2) is 13.1 Å². The summed E-state index contributed by atoms with van der Waals surface area (Å²) < 4.78 is 28.1. The molecule has 1 aliphatic carbocycles. The van der Waals surface area contributed by atoms with Crippen molar-refractivity contribution in [3.05, 3.63) is 18.2 Å². The van der Waals surface area contributed by atoms with Crippen LogP contribution in [0.5, 0.6) is 0 Å². The van der Waals surface area contributed by atoms with Crippen LogP contribution < -0.4 is 10.0 Å². The Morgan fingerprint density at radius 2 is 1.88 bits per heavy atom. The van der Waals surface area contributed by atoms with Crippen LogP contribution in [0.3, 0.4) is 0 Å². The number of anilines is 1. The molecule has 2 N–H and O–H groups in total. The number of hydrogen-bond acceptors (Lipinski definition) is 4. The third-order valence-corrected chi connectivity index (χ3v) is 6.50. The first-order chi connectivity index (χ1) is 11.3. The maximum Gasteiger partial charge on any atom is 0.240 e. The van der Waals surface area contributed by atoms with Crippen molar-refractivity contribution in [3.63, 3.8) is 0 Å². The smallest absolute Gasteiger partial charge is 0.240 e. The van der Waals surface area contributed by atoms with Crippen LogP contribution in [0, 0.1) is 5.92 Å². The summed E-state index contributed by atoms with van der Waals surface area (Å²) in [7, 11) is -3.57. The van der Waals surface area contributed by atoms with E-state index in [9.17, 15) is 13.2 Å². The fraction of sp³-hybridized carbons (Fsp3) is 0.588. The number of hydrogen-bond donors (Lipinski definition) is 2. The van der Waals surface area contributed by atoms with Crippen molar-refractivity contribution in [3.8, 4) is 0 Å². The molecule has 0 aromatic heterocycles. The number of thioether (sulfide) groups is 1. The Labute approximate surface area is 149 Å². The zero-order valence-electron chi connectivity index (χ0n) is 14.5. The first-order valence-corrected chi connectivity index (χ1v) is 11.1. The number of carbonyl (C=O) groups excluding carboxylic acids is 1. The van der Waals surface area contributed by atoms with Crippen LogP contribution in [0.4, 0.5) is 5.69 Å². The highest BCUT2D eigenvalue weighted by Gasteiger charge is 2.23. The number of benzene rings is 1. The molecule has 5 nitrogen and oxygen atoms in total. The van der Waals surface area contributed by atoms with Crippen molar-refractivity contribution in [2.45, 2.75) is 61.8 Å². The monoisotopic (exact) mass is 370 g/mol. The standard InChI is InChI=1S/C17H26N2O3S2/c1-12(2)17(20)18-15-11-14(9-10-16(15)23-3)24(21,22)19-13-7-5-4-6-8-13/h9-13,19H,4-8H2,1-3H3,(H,18,20). The van der Waals surface area contributed by atoms with Crippen molar-refractivity contribution >= 4 is 33.4 Å². The highest BCUT2D eigenvalue weighted by atomic mass is 32.2. The Morgan fingerprint density at radius 1 is 1.21 bits per heavy atom. The molecule has 1 aromatic carbocycles. The summed E-state index contributed by atoms with van der Waals surface area (Å²) in [4.78, 5) is 13.0. The Bertz CT molecular complexity index is 681. The SMILES string of the molecule is CSc1ccc(S(=O)(=O)NC2CCCCC2)cc1NC(=O)C(C)C. The van der Waals surface area contributed by atoms with Crippen LogP contribution in [0.25, 0.3) is 0 Å². The van der Waals surface area contributed by atoms with Crippen LogP contribution in [0.2, 0.25) is 0 Å². The number of carbonyl (C=O) groups is 1. The number of amides is 1. The Hall–Kier alpha value is -1.05. The van der Waals surface area contributed by atoms with Gasteiger partial charge in [-0.1, -0.05) is 33.1 Å². The van der Waals surface area contributed by atoms with Crippen molar-refractivity contribution in [1.82, 2.24) is 4.72 Å². The van der Waals surface area contributed by atoms with Crippen molar-refractivity contribution < 1.29 is 13.2 Å². The van der Waals surface area contributed by atoms with Gasteiger partial charge in [0, 0.05) is 16.9 Å². The lowest BCUT2D eigenvalue weighted by atomic mass is 9.96. The zero-order chi connectivity index (χ0) is 17.7. The Balaban J connectivity index is 2.24. The largest absolute Gasteiger partial charge is 0.325 e. The summed E-state index contributed by atoms with van der Waals surface area (Å²) in [6.07, 6.45) is 6.97. The lowest BCUT2D eigenvalue weighted by molar-refractivity contribution is -0.118.